The molecule has 0 aliphatic heterocycles. The predicted octanol–water partition coefficient (Wildman–Crippen LogP) is 4.67. The van der Waals surface area contributed by atoms with Gasteiger partial charge in [-0.05, 0) is 24.6 Å². The highest BCUT2D eigenvalue weighted by molar-refractivity contribution is 9.10. The molecule has 0 saturated carbocycles. The fourth-order valence-corrected chi connectivity index (χ4v) is 2.91. The summed E-state index contributed by atoms with van der Waals surface area (Å²) in [5.74, 6) is 2.10. The molecule has 17 heavy (non-hydrogen) atoms. The van der Waals surface area contributed by atoms with E-state index >= 15 is 0 Å². The van der Waals surface area contributed by atoms with Gasteiger partial charge in [-0.15, -0.1) is 6.58 Å². The lowest BCUT2D eigenvalue weighted by Crippen LogP contribution is -2.21. The summed E-state index contributed by atoms with van der Waals surface area (Å²) in [6.07, 6.45) is 1.93. The van der Waals surface area contributed by atoms with Crippen LogP contribution in [0, 0.1) is 0 Å². The van der Waals surface area contributed by atoms with E-state index in [1.807, 2.05) is 30.0 Å². The van der Waals surface area contributed by atoms with Crippen LogP contribution >= 0.6 is 39.3 Å². The van der Waals surface area contributed by atoms with Crippen molar-refractivity contribution in [2.24, 2.45) is 0 Å². The van der Waals surface area contributed by atoms with E-state index in [9.17, 15) is 0 Å². The van der Waals surface area contributed by atoms with Crippen LogP contribution in [0.1, 0.15) is 18.5 Å². The first kappa shape index (κ1) is 15.1. The van der Waals surface area contributed by atoms with Crippen molar-refractivity contribution in [2.45, 2.75) is 13.0 Å². The van der Waals surface area contributed by atoms with Gasteiger partial charge < -0.3 is 5.32 Å². The summed E-state index contributed by atoms with van der Waals surface area (Å²) in [5, 5.41) is 4.27. The standard InChI is InChI=1S/C13H17BrClNS/c1-3-7-17-8-6-16-10(2)12-5-4-11(14)9-13(12)15/h3-5,9-10,16H,1,6-8H2,2H3. The Hall–Kier alpha value is 0.0400. The van der Waals surface area contributed by atoms with Gasteiger partial charge in [-0.3, -0.25) is 0 Å². The normalized spacial score (nSPS) is 12.4. The third-order valence-electron chi connectivity index (χ3n) is 2.36. The van der Waals surface area contributed by atoms with Crippen LogP contribution in [0.15, 0.2) is 35.3 Å². The molecule has 1 unspecified atom stereocenters. The fraction of sp³-hybridized carbons (Fsp3) is 0.385. The van der Waals surface area contributed by atoms with Gasteiger partial charge in [0.1, 0.15) is 0 Å². The second-order valence-electron chi connectivity index (χ2n) is 3.71. The number of nitrogens with one attached hydrogen (secondary N) is 1. The molecule has 1 rings (SSSR count). The predicted molar refractivity (Wildman–Crippen MR) is 83.1 cm³/mol. The molecule has 1 aromatic rings. The highest BCUT2D eigenvalue weighted by Gasteiger charge is 2.08. The van der Waals surface area contributed by atoms with Crippen LogP contribution in [0.2, 0.25) is 5.02 Å². The highest BCUT2D eigenvalue weighted by Crippen LogP contribution is 2.26. The molecule has 0 spiro atoms. The van der Waals surface area contributed by atoms with Crippen LogP contribution in [0.3, 0.4) is 0 Å². The van der Waals surface area contributed by atoms with Crippen molar-refractivity contribution in [3.8, 4) is 0 Å². The summed E-state index contributed by atoms with van der Waals surface area (Å²) in [4.78, 5) is 0. The monoisotopic (exact) mass is 333 g/mol. The third-order valence-corrected chi connectivity index (χ3v) is 4.15. The van der Waals surface area contributed by atoms with Gasteiger partial charge in [-0.1, -0.05) is 39.7 Å². The van der Waals surface area contributed by atoms with E-state index in [1.54, 1.807) is 0 Å². The lowest BCUT2D eigenvalue weighted by atomic mass is 10.1. The Morgan fingerprint density at radius 2 is 2.35 bits per heavy atom. The molecule has 0 radical (unpaired) electrons. The van der Waals surface area contributed by atoms with Crippen molar-refractivity contribution < 1.29 is 0 Å². The molecule has 0 amide bonds. The molecule has 0 fully saturated rings. The van der Waals surface area contributed by atoms with Gasteiger partial charge in [-0.2, -0.15) is 11.8 Å². The van der Waals surface area contributed by atoms with Gasteiger partial charge in [0.25, 0.3) is 0 Å². The smallest absolute Gasteiger partial charge is 0.0464 e. The molecule has 1 N–H and O–H groups in total. The second kappa shape index (κ2) is 8.20. The first-order valence-electron chi connectivity index (χ1n) is 5.52. The van der Waals surface area contributed by atoms with Gasteiger partial charge in [0.2, 0.25) is 0 Å². The van der Waals surface area contributed by atoms with Gasteiger partial charge in [0.05, 0.1) is 0 Å². The quantitative estimate of drug-likeness (QED) is 0.574. The summed E-state index contributed by atoms with van der Waals surface area (Å²) >= 11 is 11.5. The topological polar surface area (TPSA) is 12.0 Å². The third kappa shape index (κ3) is 5.47. The Kier molecular flexibility index (Phi) is 7.28. The summed E-state index contributed by atoms with van der Waals surface area (Å²) in [5.41, 5.74) is 1.14. The molecule has 1 aromatic carbocycles. The molecule has 1 atom stereocenters. The highest BCUT2D eigenvalue weighted by atomic mass is 79.9. The number of hydrogen-bond acceptors (Lipinski definition) is 2. The van der Waals surface area contributed by atoms with Crippen LogP contribution < -0.4 is 5.32 Å². The molecule has 1 nitrogen and oxygen atoms in total. The van der Waals surface area contributed by atoms with E-state index < -0.39 is 0 Å². The van der Waals surface area contributed by atoms with Gasteiger partial charge in [-0.25, -0.2) is 0 Å². The van der Waals surface area contributed by atoms with E-state index in [4.69, 9.17) is 11.6 Å². The van der Waals surface area contributed by atoms with E-state index in [-0.39, 0.29) is 6.04 Å². The number of rotatable bonds is 7. The Labute approximate surface area is 121 Å². The van der Waals surface area contributed by atoms with E-state index in [0.29, 0.717) is 0 Å². The fourth-order valence-electron chi connectivity index (χ4n) is 1.48. The summed E-state index contributed by atoms with van der Waals surface area (Å²) in [7, 11) is 0. The SMILES string of the molecule is C=CCSCCNC(C)c1ccc(Br)cc1Cl. The number of halogens is 2. The molecule has 0 saturated heterocycles. The molecule has 0 aliphatic rings. The maximum atomic E-state index is 6.20. The number of thioether (sulfide) groups is 1. The minimum atomic E-state index is 0.278. The lowest BCUT2D eigenvalue weighted by Gasteiger charge is -2.15. The first-order valence-corrected chi connectivity index (χ1v) is 7.84. The molecular weight excluding hydrogens is 318 g/mol. The Morgan fingerprint density at radius 3 is 3.00 bits per heavy atom. The molecule has 94 valence electrons. The zero-order chi connectivity index (χ0) is 12.7. The number of benzene rings is 1. The maximum Gasteiger partial charge on any atom is 0.0464 e. The lowest BCUT2D eigenvalue weighted by molar-refractivity contribution is 0.601. The summed E-state index contributed by atoms with van der Waals surface area (Å²) in [6.45, 7) is 6.81. The molecular formula is C13H17BrClNS. The van der Waals surface area contributed by atoms with Crippen molar-refractivity contribution >= 4 is 39.3 Å². The van der Waals surface area contributed by atoms with Crippen LogP contribution in [-0.4, -0.2) is 18.1 Å². The van der Waals surface area contributed by atoms with E-state index in [2.05, 4.69) is 40.8 Å². The minimum absolute atomic E-state index is 0.278. The molecule has 0 aromatic heterocycles. The van der Waals surface area contributed by atoms with Crippen LogP contribution in [0.25, 0.3) is 0 Å². The molecule has 0 bridgehead atoms. The molecule has 4 heteroatoms. The maximum absolute atomic E-state index is 6.20. The van der Waals surface area contributed by atoms with E-state index in [1.165, 1.54) is 0 Å². The summed E-state index contributed by atoms with van der Waals surface area (Å²) < 4.78 is 1.01. The molecule has 0 heterocycles. The van der Waals surface area contributed by atoms with Crippen molar-refractivity contribution in [1.82, 2.24) is 5.32 Å². The van der Waals surface area contributed by atoms with E-state index in [0.717, 1.165) is 33.1 Å². The number of hydrogen-bond donors (Lipinski definition) is 1. The van der Waals surface area contributed by atoms with Gasteiger partial charge in [0.15, 0.2) is 0 Å². The average Bonchev–Trinajstić information content (AvgIpc) is 2.28. The Bertz CT molecular complexity index is 370. The second-order valence-corrected chi connectivity index (χ2v) is 6.18. The largest absolute Gasteiger partial charge is 0.309 e. The summed E-state index contributed by atoms with van der Waals surface area (Å²) in [6, 6.07) is 6.29. The van der Waals surface area contributed by atoms with Crippen molar-refractivity contribution in [1.29, 1.82) is 0 Å². The molecule has 0 aliphatic carbocycles. The van der Waals surface area contributed by atoms with Crippen LogP contribution in [0.5, 0.6) is 0 Å². The van der Waals surface area contributed by atoms with Crippen molar-refractivity contribution in [2.75, 3.05) is 18.1 Å². The van der Waals surface area contributed by atoms with Gasteiger partial charge >= 0.3 is 0 Å². The zero-order valence-electron chi connectivity index (χ0n) is 9.88. The zero-order valence-corrected chi connectivity index (χ0v) is 13.0. The minimum Gasteiger partial charge on any atom is -0.309 e. The Balaban J connectivity index is 2.41. The van der Waals surface area contributed by atoms with Crippen molar-refractivity contribution in [3.63, 3.8) is 0 Å². The van der Waals surface area contributed by atoms with Crippen molar-refractivity contribution in [3.05, 3.63) is 45.9 Å². The Morgan fingerprint density at radius 1 is 1.59 bits per heavy atom. The first-order chi connectivity index (χ1) is 8.15. The van der Waals surface area contributed by atoms with Crippen LogP contribution in [0.4, 0.5) is 0 Å². The van der Waals surface area contributed by atoms with Crippen LogP contribution in [-0.2, 0) is 0 Å². The van der Waals surface area contributed by atoms with Gasteiger partial charge in [0, 0.05) is 33.6 Å². The average molecular weight is 335 g/mol.